The summed E-state index contributed by atoms with van der Waals surface area (Å²) in [5.41, 5.74) is 1.71. The standard InChI is InChI=1S/C22H15F3N2O3S.C16H9F3O2/c23-22(24,25)18-13-9-16(10-14-18)6-5-15-7-11-17(12-8-15)21(28)27-19-3-1-2-4-20(19)31-30-29-26;17-16(18,19)14-9-5-12(6-10-14)2-1-11-3-7-13(8-4-11)15(20)21/h1-4,7-14H,26H2,(H,27,28);3-10H,(H,20,21). The van der Waals surface area contributed by atoms with Crippen LogP contribution < -0.4 is 11.2 Å². The Morgan fingerprint density at radius 2 is 0.981 bits per heavy atom. The van der Waals surface area contributed by atoms with Gasteiger partial charge in [-0.3, -0.25) is 4.79 Å². The molecule has 264 valence electrons. The lowest BCUT2D eigenvalue weighted by Gasteiger charge is -2.09. The second-order valence-corrected chi connectivity index (χ2v) is 11.1. The van der Waals surface area contributed by atoms with E-state index in [9.17, 15) is 35.9 Å². The van der Waals surface area contributed by atoms with Crippen molar-refractivity contribution in [1.29, 1.82) is 0 Å². The van der Waals surface area contributed by atoms with Crippen LogP contribution in [0, 0.1) is 23.7 Å². The average Bonchev–Trinajstić information content (AvgIpc) is 3.13. The zero-order chi connectivity index (χ0) is 37.7. The summed E-state index contributed by atoms with van der Waals surface area (Å²) in [4.78, 5) is 27.8. The van der Waals surface area contributed by atoms with Crippen molar-refractivity contribution in [2.45, 2.75) is 17.2 Å². The summed E-state index contributed by atoms with van der Waals surface area (Å²) in [6, 6.07) is 28.5. The summed E-state index contributed by atoms with van der Waals surface area (Å²) < 4.78 is 79.6. The van der Waals surface area contributed by atoms with Crippen molar-refractivity contribution in [2.24, 2.45) is 5.90 Å². The fourth-order valence-corrected chi connectivity index (χ4v) is 4.52. The van der Waals surface area contributed by atoms with Crippen LogP contribution in [0.3, 0.4) is 0 Å². The van der Waals surface area contributed by atoms with Crippen molar-refractivity contribution in [3.8, 4) is 23.7 Å². The maximum Gasteiger partial charge on any atom is 0.416 e. The predicted molar refractivity (Wildman–Crippen MR) is 181 cm³/mol. The Hall–Kier alpha value is -6.03. The number of nitrogens with two attached hydrogens (primary N) is 1. The summed E-state index contributed by atoms with van der Waals surface area (Å²) in [7, 11) is 0. The van der Waals surface area contributed by atoms with Gasteiger partial charge in [-0.1, -0.05) is 35.8 Å². The second-order valence-electron chi connectivity index (χ2n) is 10.3. The van der Waals surface area contributed by atoms with Crippen molar-refractivity contribution in [2.75, 3.05) is 5.32 Å². The minimum absolute atomic E-state index is 0.148. The molecule has 5 aromatic carbocycles. The molecular formula is C38H24F6N2O5S. The van der Waals surface area contributed by atoms with E-state index in [1.54, 1.807) is 60.7 Å². The molecule has 0 aliphatic rings. The Morgan fingerprint density at radius 3 is 1.37 bits per heavy atom. The van der Waals surface area contributed by atoms with Gasteiger partial charge in [0.1, 0.15) is 0 Å². The first kappa shape index (κ1) is 38.8. The number of alkyl halides is 6. The van der Waals surface area contributed by atoms with Crippen molar-refractivity contribution in [1.82, 2.24) is 0 Å². The molecule has 7 nitrogen and oxygen atoms in total. The molecule has 5 aromatic rings. The maximum absolute atomic E-state index is 12.6. The van der Waals surface area contributed by atoms with E-state index >= 15 is 0 Å². The van der Waals surface area contributed by atoms with E-state index in [2.05, 4.69) is 38.3 Å². The molecule has 0 aliphatic carbocycles. The molecule has 0 saturated carbocycles. The highest BCUT2D eigenvalue weighted by molar-refractivity contribution is 7.94. The Morgan fingerprint density at radius 1 is 0.596 bits per heavy atom. The molecule has 0 aromatic heterocycles. The predicted octanol–water partition coefficient (Wildman–Crippen LogP) is 8.99. The quantitative estimate of drug-likeness (QED) is 0.0525. The SMILES string of the molecule is NOOSc1ccccc1NC(=O)c1ccc(C#Cc2ccc(C(F)(F)F)cc2)cc1.O=C(O)c1ccc(C#Cc2ccc(C(F)(F)F)cc2)cc1. The minimum Gasteiger partial charge on any atom is -0.478 e. The number of carbonyl (C=O) groups is 2. The van der Waals surface area contributed by atoms with Crippen molar-refractivity contribution < 1.29 is 50.4 Å². The van der Waals surface area contributed by atoms with Crippen molar-refractivity contribution in [3.05, 3.63) is 166 Å². The number of hydrogen-bond acceptors (Lipinski definition) is 6. The van der Waals surface area contributed by atoms with Gasteiger partial charge in [0, 0.05) is 27.8 Å². The van der Waals surface area contributed by atoms with Crippen LogP contribution in [0.5, 0.6) is 0 Å². The van der Waals surface area contributed by atoms with E-state index in [1.165, 1.54) is 36.4 Å². The van der Waals surface area contributed by atoms with Gasteiger partial charge >= 0.3 is 18.3 Å². The number of nitrogens with one attached hydrogen (secondary N) is 1. The molecule has 0 atom stereocenters. The molecule has 0 heterocycles. The molecule has 5 rings (SSSR count). The van der Waals surface area contributed by atoms with Crippen LogP contribution in [0.15, 0.2) is 126 Å². The van der Waals surface area contributed by atoms with Gasteiger partial charge in [-0.15, -0.1) is 9.32 Å². The Labute approximate surface area is 297 Å². The highest BCUT2D eigenvalue weighted by atomic mass is 32.2. The molecule has 4 N–H and O–H groups in total. The van der Waals surface area contributed by atoms with Crippen LogP contribution in [0.25, 0.3) is 0 Å². The first-order valence-corrected chi connectivity index (χ1v) is 15.4. The van der Waals surface area contributed by atoms with E-state index < -0.39 is 29.4 Å². The molecule has 0 aliphatic heterocycles. The van der Waals surface area contributed by atoms with Crippen LogP contribution >= 0.6 is 12.0 Å². The number of carbonyl (C=O) groups excluding carboxylic acids is 1. The van der Waals surface area contributed by atoms with Gasteiger partial charge in [-0.05, 0) is 109 Å². The lowest BCUT2D eigenvalue weighted by molar-refractivity contribution is -0.195. The number of para-hydroxylation sites is 1. The lowest BCUT2D eigenvalue weighted by Crippen LogP contribution is -2.12. The minimum atomic E-state index is -4.38. The third-order valence-corrected chi connectivity index (χ3v) is 7.39. The summed E-state index contributed by atoms with van der Waals surface area (Å²) >= 11 is 0.851. The molecule has 0 radical (unpaired) electrons. The van der Waals surface area contributed by atoms with Crippen molar-refractivity contribution in [3.63, 3.8) is 0 Å². The van der Waals surface area contributed by atoms with Gasteiger partial charge in [0.25, 0.3) is 5.91 Å². The van der Waals surface area contributed by atoms with Crippen LogP contribution in [0.4, 0.5) is 32.0 Å². The van der Waals surface area contributed by atoms with Gasteiger partial charge in [0.2, 0.25) is 0 Å². The average molecular weight is 735 g/mol. The summed E-state index contributed by atoms with van der Waals surface area (Å²) in [5.74, 6) is 14.6. The third-order valence-electron chi connectivity index (χ3n) is 6.70. The second kappa shape index (κ2) is 17.8. The normalized spacial score (nSPS) is 10.8. The molecule has 0 unspecified atom stereocenters. The molecule has 1 amide bonds. The molecule has 14 heteroatoms. The zero-order valence-electron chi connectivity index (χ0n) is 26.4. The smallest absolute Gasteiger partial charge is 0.416 e. The van der Waals surface area contributed by atoms with Crippen molar-refractivity contribution >= 4 is 29.6 Å². The number of hydrogen-bond donors (Lipinski definition) is 3. The van der Waals surface area contributed by atoms with Gasteiger partial charge in [-0.25, -0.2) is 4.79 Å². The maximum atomic E-state index is 12.6. The molecule has 0 spiro atoms. The van der Waals surface area contributed by atoms with Crippen LogP contribution in [-0.2, 0) is 21.7 Å². The first-order chi connectivity index (χ1) is 24.7. The number of anilines is 1. The molecular weight excluding hydrogens is 710 g/mol. The number of amides is 1. The highest BCUT2D eigenvalue weighted by Gasteiger charge is 2.30. The number of carboxylic acids is 1. The van der Waals surface area contributed by atoms with E-state index in [-0.39, 0.29) is 11.5 Å². The van der Waals surface area contributed by atoms with E-state index in [0.29, 0.717) is 38.4 Å². The molecule has 0 saturated heterocycles. The zero-order valence-corrected chi connectivity index (χ0v) is 27.2. The first-order valence-electron chi connectivity index (χ1n) is 14.7. The molecule has 52 heavy (non-hydrogen) atoms. The fraction of sp³-hybridized carbons (Fsp3) is 0.0526. The lowest BCUT2D eigenvalue weighted by atomic mass is 10.1. The topological polar surface area (TPSA) is 111 Å². The van der Waals surface area contributed by atoms with Gasteiger partial charge in [0.05, 0.1) is 39.3 Å². The van der Waals surface area contributed by atoms with Gasteiger partial charge < -0.3 is 10.4 Å². The molecule has 0 bridgehead atoms. The number of halogens is 6. The Kier molecular flexibility index (Phi) is 13.2. The summed E-state index contributed by atoms with van der Waals surface area (Å²) in [5, 5.41) is 11.5. The fourth-order valence-electron chi connectivity index (χ4n) is 4.07. The number of aromatic carboxylic acids is 1. The van der Waals surface area contributed by atoms with Gasteiger partial charge in [0.15, 0.2) is 0 Å². The van der Waals surface area contributed by atoms with E-state index in [4.69, 9.17) is 11.0 Å². The molecule has 0 fully saturated rings. The Balaban J connectivity index is 0.000000251. The number of carboxylic acid groups (broad SMARTS) is 1. The summed E-state index contributed by atoms with van der Waals surface area (Å²) in [6.45, 7) is 0. The van der Waals surface area contributed by atoms with Gasteiger partial charge in [-0.2, -0.15) is 32.2 Å². The number of benzene rings is 5. The Bertz CT molecular complexity index is 2110. The van der Waals surface area contributed by atoms with Crippen LogP contribution in [0.1, 0.15) is 54.1 Å². The largest absolute Gasteiger partial charge is 0.478 e. The third kappa shape index (κ3) is 11.8. The monoisotopic (exact) mass is 734 g/mol. The van der Waals surface area contributed by atoms with Crippen LogP contribution in [0.2, 0.25) is 0 Å². The summed E-state index contributed by atoms with van der Waals surface area (Å²) in [6.07, 6.45) is -8.74. The highest BCUT2D eigenvalue weighted by Crippen LogP contribution is 2.30. The van der Waals surface area contributed by atoms with Crippen LogP contribution in [-0.4, -0.2) is 17.0 Å². The number of rotatable bonds is 6. The van der Waals surface area contributed by atoms with E-state index in [1.807, 2.05) is 0 Å². The van der Waals surface area contributed by atoms with E-state index in [0.717, 1.165) is 36.3 Å².